The van der Waals surface area contributed by atoms with E-state index in [4.69, 9.17) is 4.74 Å². The first-order valence-corrected chi connectivity index (χ1v) is 5.63. The Morgan fingerprint density at radius 3 is 2.82 bits per heavy atom. The Morgan fingerprint density at radius 1 is 1.41 bits per heavy atom. The zero-order chi connectivity index (χ0) is 12.7. The molecular formula is C11H12BrNO4. The number of esters is 1. The number of benzene rings is 1. The van der Waals surface area contributed by atoms with Crippen molar-refractivity contribution in [1.82, 2.24) is 5.32 Å². The van der Waals surface area contributed by atoms with Gasteiger partial charge in [0.2, 0.25) is 0 Å². The molecule has 0 saturated carbocycles. The van der Waals surface area contributed by atoms with E-state index in [-0.39, 0.29) is 19.1 Å². The highest BCUT2D eigenvalue weighted by molar-refractivity contribution is 9.10. The van der Waals surface area contributed by atoms with Gasteiger partial charge in [0.25, 0.3) is 5.91 Å². The minimum Gasteiger partial charge on any atom is -0.484 e. The molecule has 0 saturated heterocycles. The van der Waals surface area contributed by atoms with Gasteiger partial charge in [-0.05, 0) is 18.2 Å². The van der Waals surface area contributed by atoms with Gasteiger partial charge in [-0.15, -0.1) is 0 Å². The summed E-state index contributed by atoms with van der Waals surface area (Å²) in [6.07, 6.45) is 0. The number of methoxy groups -OCH3 is 1. The maximum atomic E-state index is 11.3. The van der Waals surface area contributed by atoms with Crippen molar-refractivity contribution in [1.29, 1.82) is 0 Å². The van der Waals surface area contributed by atoms with Gasteiger partial charge in [0.05, 0.1) is 7.11 Å². The topological polar surface area (TPSA) is 64.6 Å². The number of rotatable bonds is 5. The summed E-state index contributed by atoms with van der Waals surface area (Å²) in [5.74, 6) is -0.302. The molecule has 5 nitrogen and oxygen atoms in total. The number of nitrogens with one attached hydrogen (secondary N) is 1. The van der Waals surface area contributed by atoms with Crippen molar-refractivity contribution >= 4 is 27.8 Å². The van der Waals surface area contributed by atoms with E-state index in [0.29, 0.717) is 5.75 Å². The second kappa shape index (κ2) is 6.90. The van der Waals surface area contributed by atoms with Crippen LogP contribution in [0.2, 0.25) is 0 Å². The second-order valence-corrected chi connectivity index (χ2v) is 4.01. The van der Waals surface area contributed by atoms with Crippen molar-refractivity contribution < 1.29 is 19.1 Å². The van der Waals surface area contributed by atoms with Gasteiger partial charge in [-0.25, -0.2) is 0 Å². The Kier molecular flexibility index (Phi) is 5.48. The molecule has 1 amide bonds. The summed E-state index contributed by atoms with van der Waals surface area (Å²) in [4.78, 5) is 22.0. The average molecular weight is 302 g/mol. The lowest BCUT2D eigenvalue weighted by Crippen LogP contribution is -2.33. The van der Waals surface area contributed by atoms with E-state index in [1.807, 2.05) is 6.07 Å². The van der Waals surface area contributed by atoms with Crippen LogP contribution < -0.4 is 10.1 Å². The number of carbonyl (C=O) groups excluding carboxylic acids is 2. The minimum atomic E-state index is -0.499. The normalized spacial score (nSPS) is 9.53. The van der Waals surface area contributed by atoms with Gasteiger partial charge in [0, 0.05) is 4.47 Å². The molecule has 17 heavy (non-hydrogen) atoms. The molecule has 6 heteroatoms. The Labute approximate surface area is 107 Å². The summed E-state index contributed by atoms with van der Waals surface area (Å²) in [5.41, 5.74) is 0. The average Bonchev–Trinajstić information content (AvgIpc) is 2.33. The first-order valence-electron chi connectivity index (χ1n) is 4.83. The maximum absolute atomic E-state index is 11.3. The molecule has 0 aliphatic heterocycles. The fraction of sp³-hybridized carbons (Fsp3) is 0.273. The monoisotopic (exact) mass is 301 g/mol. The third kappa shape index (κ3) is 5.35. The van der Waals surface area contributed by atoms with Gasteiger partial charge < -0.3 is 14.8 Å². The molecule has 1 N–H and O–H groups in total. The molecule has 1 rings (SSSR count). The van der Waals surface area contributed by atoms with Crippen molar-refractivity contribution in [3.63, 3.8) is 0 Å². The van der Waals surface area contributed by atoms with Gasteiger partial charge in [-0.2, -0.15) is 0 Å². The Hall–Kier alpha value is -1.56. The van der Waals surface area contributed by atoms with Crippen molar-refractivity contribution in [2.75, 3.05) is 20.3 Å². The van der Waals surface area contributed by atoms with Crippen LogP contribution in [0, 0.1) is 0 Å². The number of hydrogen-bond donors (Lipinski definition) is 1. The SMILES string of the molecule is COC(=O)CNC(=O)COc1cccc(Br)c1. The predicted octanol–water partition coefficient (Wildman–Crippen LogP) is 1.12. The molecule has 0 radical (unpaired) electrons. The van der Waals surface area contributed by atoms with Crippen LogP contribution in [0.1, 0.15) is 0 Å². The highest BCUT2D eigenvalue weighted by atomic mass is 79.9. The summed E-state index contributed by atoms with van der Waals surface area (Å²) in [6.45, 7) is -0.301. The molecule has 0 aliphatic rings. The number of amides is 1. The summed E-state index contributed by atoms with van der Waals surface area (Å²) in [6, 6.07) is 7.13. The minimum absolute atomic E-state index is 0.145. The third-order valence-electron chi connectivity index (χ3n) is 1.82. The molecule has 0 atom stereocenters. The number of carbonyl (C=O) groups is 2. The molecule has 0 spiro atoms. The number of hydrogen-bond acceptors (Lipinski definition) is 4. The molecule has 0 bridgehead atoms. The van der Waals surface area contributed by atoms with E-state index in [9.17, 15) is 9.59 Å². The lowest BCUT2D eigenvalue weighted by atomic mass is 10.3. The maximum Gasteiger partial charge on any atom is 0.325 e. The van der Waals surface area contributed by atoms with Gasteiger partial charge >= 0.3 is 5.97 Å². The standard InChI is InChI=1S/C11H12BrNO4/c1-16-11(15)6-13-10(14)7-17-9-4-2-3-8(12)5-9/h2-5H,6-7H2,1H3,(H,13,14). The molecule has 0 aromatic heterocycles. The van der Waals surface area contributed by atoms with Crippen molar-refractivity contribution in [2.24, 2.45) is 0 Å². The first-order chi connectivity index (χ1) is 8.11. The summed E-state index contributed by atoms with van der Waals surface area (Å²) in [7, 11) is 1.26. The number of halogens is 1. The van der Waals surface area contributed by atoms with Gasteiger partial charge in [-0.1, -0.05) is 22.0 Å². The zero-order valence-electron chi connectivity index (χ0n) is 9.23. The second-order valence-electron chi connectivity index (χ2n) is 3.10. The quantitative estimate of drug-likeness (QED) is 0.828. The summed E-state index contributed by atoms with van der Waals surface area (Å²) in [5, 5.41) is 2.37. The van der Waals surface area contributed by atoms with E-state index < -0.39 is 5.97 Å². The van der Waals surface area contributed by atoms with E-state index in [1.54, 1.807) is 18.2 Å². The van der Waals surface area contributed by atoms with Crippen LogP contribution in [0.15, 0.2) is 28.7 Å². The Morgan fingerprint density at radius 2 is 2.18 bits per heavy atom. The fourth-order valence-electron chi connectivity index (χ4n) is 1.000. The molecular weight excluding hydrogens is 290 g/mol. The summed E-state index contributed by atoms with van der Waals surface area (Å²) < 4.78 is 10.5. The van der Waals surface area contributed by atoms with E-state index in [2.05, 4.69) is 26.0 Å². The van der Waals surface area contributed by atoms with E-state index in [1.165, 1.54) is 7.11 Å². The molecule has 0 fully saturated rings. The van der Waals surface area contributed by atoms with Gasteiger partial charge in [-0.3, -0.25) is 9.59 Å². The molecule has 1 aromatic carbocycles. The fourth-order valence-corrected chi connectivity index (χ4v) is 1.38. The van der Waals surface area contributed by atoms with Gasteiger partial charge in [0.1, 0.15) is 12.3 Å². The van der Waals surface area contributed by atoms with Crippen LogP contribution in [-0.4, -0.2) is 32.1 Å². The third-order valence-corrected chi connectivity index (χ3v) is 2.32. The van der Waals surface area contributed by atoms with Crippen molar-refractivity contribution in [2.45, 2.75) is 0 Å². The summed E-state index contributed by atoms with van der Waals surface area (Å²) >= 11 is 3.29. The largest absolute Gasteiger partial charge is 0.484 e. The molecule has 0 aliphatic carbocycles. The van der Waals surface area contributed by atoms with E-state index in [0.717, 1.165) is 4.47 Å². The van der Waals surface area contributed by atoms with Crippen LogP contribution in [0.3, 0.4) is 0 Å². The van der Waals surface area contributed by atoms with Crippen LogP contribution in [0.25, 0.3) is 0 Å². The molecule has 1 aromatic rings. The first kappa shape index (κ1) is 13.5. The highest BCUT2D eigenvalue weighted by Gasteiger charge is 2.05. The van der Waals surface area contributed by atoms with Crippen LogP contribution >= 0.6 is 15.9 Å². The Balaban J connectivity index is 2.31. The van der Waals surface area contributed by atoms with Crippen molar-refractivity contribution in [3.05, 3.63) is 28.7 Å². The lowest BCUT2D eigenvalue weighted by Gasteiger charge is -2.06. The number of ether oxygens (including phenoxy) is 2. The van der Waals surface area contributed by atoms with Crippen LogP contribution in [0.4, 0.5) is 0 Å². The predicted molar refractivity (Wildman–Crippen MR) is 64.7 cm³/mol. The zero-order valence-corrected chi connectivity index (χ0v) is 10.8. The highest BCUT2D eigenvalue weighted by Crippen LogP contribution is 2.17. The molecule has 92 valence electrons. The van der Waals surface area contributed by atoms with Crippen LogP contribution in [-0.2, 0) is 14.3 Å². The van der Waals surface area contributed by atoms with E-state index >= 15 is 0 Å². The van der Waals surface area contributed by atoms with Crippen molar-refractivity contribution in [3.8, 4) is 5.75 Å². The Bertz CT molecular complexity index is 408. The smallest absolute Gasteiger partial charge is 0.325 e. The van der Waals surface area contributed by atoms with Crippen LogP contribution in [0.5, 0.6) is 5.75 Å². The lowest BCUT2D eigenvalue weighted by molar-refractivity contribution is -0.141. The molecule has 0 heterocycles. The molecule has 0 unspecified atom stereocenters. The van der Waals surface area contributed by atoms with Gasteiger partial charge in [0.15, 0.2) is 6.61 Å².